The topological polar surface area (TPSA) is 37.3 Å². The Morgan fingerprint density at radius 3 is 2.27 bits per heavy atom. The van der Waals surface area contributed by atoms with Gasteiger partial charge in [-0.1, -0.05) is 26.8 Å². The number of aliphatic carboxylic acids is 1. The lowest BCUT2D eigenvalue weighted by molar-refractivity contribution is -0.132. The summed E-state index contributed by atoms with van der Waals surface area (Å²) in [6, 6.07) is 0. The molecule has 0 fully saturated rings. The standard InChI is InChI=1S/C9H16O2/c1-5-9(3,4)6-7(2)8(10)11/h6H,5H2,1-4H3,(H,10,11). The molecule has 11 heavy (non-hydrogen) atoms. The maximum atomic E-state index is 10.4. The van der Waals surface area contributed by atoms with Crippen molar-refractivity contribution in [3.05, 3.63) is 11.6 Å². The van der Waals surface area contributed by atoms with Crippen LogP contribution in [0.1, 0.15) is 34.1 Å². The van der Waals surface area contributed by atoms with Crippen LogP contribution < -0.4 is 0 Å². The number of carbonyl (C=O) groups is 1. The van der Waals surface area contributed by atoms with E-state index in [0.717, 1.165) is 6.42 Å². The van der Waals surface area contributed by atoms with Crippen LogP contribution in [0.3, 0.4) is 0 Å². The molecule has 0 aliphatic heterocycles. The number of rotatable bonds is 3. The lowest BCUT2D eigenvalue weighted by Gasteiger charge is -2.17. The molecule has 0 aromatic heterocycles. The lowest BCUT2D eigenvalue weighted by atomic mass is 9.88. The Morgan fingerprint density at radius 2 is 2.00 bits per heavy atom. The van der Waals surface area contributed by atoms with Gasteiger partial charge < -0.3 is 5.11 Å². The van der Waals surface area contributed by atoms with Crippen molar-refractivity contribution in [1.29, 1.82) is 0 Å². The SMILES string of the molecule is CCC(C)(C)C=C(C)C(=O)O. The molecule has 0 spiro atoms. The Hall–Kier alpha value is -0.790. The van der Waals surface area contributed by atoms with Crippen molar-refractivity contribution in [2.75, 3.05) is 0 Å². The molecular weight excluding hydrogens is 140 g/mol. The normalized spacial score (nSPS) is 13.3. The van der Waals surface area contributed by atoms with Crippen LogP contribution in [0.25, 0.3) is 0 Å². The minimum atomic E-state index is -0.827. The first kappa shape index (κ1) is 10.2. The summed E-state index contributed by atoms with van der Waals surface area (Å²) >= 11 is 0. The number of hydrogen-bond acceptors (Lipinski definition) is 1. The number of hydrogen-bond donors (Lipinski definition) is 1. The first-order valence-electron chi connectivity index (χ1n) is 3.82. The van der Waals surface area contributed by atoms with E-state index in [0.29, 0.717) is 5.57 Å². The number of carboxylic acid groups (broad SMARTS) is 1. The molecule has 2 nitrogen and oxygen atoms in total. The zero-order chi connectivity index (χ0) is 9.07. The molecule has 0 aromatic carbocycles. The second-order valence-corrected chi connectivity index (χ2v) is 3.47. The van der Waals surface area contributed by atoms with E-state index in [2.05, 4.69) is 0 Å². The fourth-order valence-corrected chi connectivity index (χ4v) is 0.750. The fourth-order valence-electron chi connectivity index (χ4n) is 0.750. The minimum Gasteiger partial charge on any atom is -0.478 e. The Morgan fingerprint density at radius 1 is 1.55 bits per heavy atom. The van der Waals surface area contributed by atoms with Gasteiger partial charge in [0.1, 0.15) is 0 Å². The first-order chi connectivity index (χ1) is 4.89. The van der Waals surface area contributed by atoms with Crippen molar-refractivity contribution in [2.45, 2.75) is 34.1 Å². The van der Waals surface area contributed by atoms with E-state index >= 15 is 0 Å². The highest BCUT2D eigenvalue weighted by atomic mass is 16.4. The van der Waals surface area contributed by atoms with Crippen LogP contribution in [0.2, 0.25) is 0 Å². The average Bonchev–Trinajstić information content (AvgIpc) is 1.87. The van der Waals surface area contributed by atoms with Crippen molar-refractivity contribution in [3.63, 3.8) is 0 Å². The maximum Gasteiger partial charge on any atom is 0.330 e. The van der Waals surface area contributed by atoms with Crippen LogP contribution in [0.15, 0.2) is 11.6 Å². The van der Waals surface area contributed by atoms with Crippen LogP contribution >= 0.6 is 0 Å². The highest BCUT2D eigenvalue weighted by molar-refractivity contribution is 5.85. The molecule has 0 aromatic rings. The van der Waals surface area contributed by atoms with Gasteiger partial charge in [0.25, 0.3) is 0 Å². The molecule has 0 rings (SSSR count). The summed E-state index contributed by atoms with van der Waals surface area (Å²) in [5.41, 5.74) is 0.430. The van der Waals surface area contributed by atoms with Crippen LogP contribution in [0, 0.1) is 5.41 Å². The van der Waals surface area contributed by atoms with Gasteiger partial charge in [-0.25, -0.2) is 4.79 Å². The van der Waals surface area contributed by atoms with Crippen molar-refractivity contribution in [2.24, 2.45) is 5.41 Å². The second kappa shape index (κ2) is 3.56. The minimum absolute atomic E-state index is 0.00245. The molecule has 0 heterocycles. The molecule has 1 N–H and O–H groups in total. The molecule has 0 aliphatic rings. The zero-order valence-corrected chi connectivity index (χ0v) is 7.64. The number of carboxylic acids is 1. The molecule has 0 saturated heterocycles. The molecule has 0 unspecified atom stereocenters. The van der Waals surface area contributed by atoms with Gasteiger partial charge in [-0.15, -0.1) is 0 Å². The molecule has 0 saturated carbocycles. The van der Waals surface area contributed by atoms with Crippen LogP contribution in [-0.4, -0.2) is 11.1 Å². The highest BCUT2D eigenvalue weighted by Crippen LogP contribution is 2.22. The molecule has 0 radical (unpaired) electrons. The van der Waals surface area contributed by atoms with E-state index in [-0.39, 0.29) is 5.41 Å². The molecule has 0 amide bonds. The summed E-state index contributed by atoms with van der Waals surface area (Å²) in [6.45, 7) is 7.73. The molecule has 0 aliphatic carbocycles. The molecule has 0 atom stereocenters. The third-order valence-corrected chi connectivity index (χ3v) is 1.86. The number of allylic oxidation sites excluding steroid dienone is 1. The van der Waals surface area contributed by atoms with Gasteiger partial charge in [0.2, 0.25) is 0 Å². The van der Waals surface area contributed by atoms with Crippen LogP contribution in [0.4, 0.5) is 0 Å². The van der Waals surface area contributed by atoms with Gasteiger partial charge in [-0.2, -0.15) is 0 Å². The maximum absolute atomic E-state index is 10.4. The Kier molecular flexibility index (Phi) is 3.30. The van der Waals surface area contributed by atoms with Crippen LogP contribution in [0.5, 0.6) is 0 Å². The van der Waals surface area contributed by atoms with Gasteiger partial charge >= 0.3 is 5.97 Å². The van der Waals surface area contributed by atoms with E-state index < -0.39 is 5.97 Å². The van der Waals surface area contributed by atoms with Crippen molar-refractivity contribution >= 4 is 5.97 Å². The van der Waals surface area contributed by atoms with Gasteiger partial charge in [-0.3, -0.25) is 0 Å². The van der Waals surface area contributed by atoms with Crippen molar-refractivity contribution in [1.82, 2.24) is 0 Å². The van der Waals surface area contributed by atoms with Gasteiger partial charge in [0.15, 0.2) is 0 Å². The third-order valence-electron chi connectivity index (χ3n) is 1.86. The van der Waals surface area contributed by atoms with E-state index in [4.69, 9.17) is 5.11 Å². The Bertz CT molecular complexity index is 178. The Balaban J connectivity index is 4.41. The monoisotopic (exact) mass is 156 g/mol. The lowest BCUT2D eigenvalue weighted by Crippen LogP contribution is -2.08. The third kappa shape index (κ3) is 3.81. The predicted octanol–water partition coefficient (Wildman–Crippen LogP) is 2.45. The van der Waals surface area contributed by atoms with E-state index in [9.17, 15) is 4.79 Å². The summed E-state index contributed by atoms with van der Waals surface area (Å²) in [7, 11) is 0. The first-order valence-corrected chi connectivity index (χ1v) is 3.82. The summed E-state index contributed by atoms with van der Waals surface area (Å²) in [6.07, 6.45) is 2.76. The molecule has 0 bridgehead atoms. The largest absolute Gasteiger partial charge is 0.478 e. The van der Waals surface area contributed by atoms with Gasteiger partial charge in [0, 0.05) is 5.57 Å². The zero-order valence-electron chi connectivity index (χ0n) is 7.64. The van der Waals surface area contributed by atoms with Crippen molar-refractivity contribution in [3.8, 4) is 0 Å². The van der Waals surface area contributed by atoms with E-state index in [1.54, 1.807) is 13.0 Å². The average molecular weight is 156 g/mol. The van der Waals surface area contributed by atoms with Gasteiger partial charge in [0.05, 0.1) is 0 Å². The Labute approximate surface area is 67.9 Å². The summed E-state index contributed by atoms with van der Waals surface area (Å²) < 4.78 is 0. The molecule has 64 valence electrons. The van der Waals surface area contributed by atoms with Gasteiger partial charge in [-0.05, 0) is 18.8 Å². The van der Waals surface area contributed by atoms with Crippen LogP contribution in [-0.2, 0) is 4.79 Å². The molecule has 2 heteroatoms. The smallest absolute Gasteiger partial charge is 0.330 e. The second-order valence-electron chi connectivity index (χ2n) is 3.47. The quantitative estimate of drug-likeness (QED) is 0.637. The summed E-state index contributed by atoms with van der Waals surface area (Å²) in [5, 5.41) is 8.57. The summed E-state index contributed by atoms with van der Waals surface area (Å²) in [5.74, 6) is -0.827. The van der Waals surface area contributed by atoms with E-state index in [1.807, 2.05) is 20.8 Å². The van der Waals surface area contributed by atoms with E-state index in [1.165, 1.54) is 0 Å². The summed E-state index contributed by atoms with van der Waals surface area (Å²) in [4.78, 5) is 10.4. The fraction of sp³-hybridized carbons (Fsp3) is 0.667. The predicted molar refractivity (Wildman–Crippen MR) is 45.5 cm³/mol. The van der Waals surface area contributed by atoms with Crippen molar-refractivity contribution < 1.29 is 9.90 Å². The molecular formula is C9H16O2. The highest BCUT2D eigenvalue weighted by Gasteiger charge is 2.13.